The molecule has 1 aliphatic heterocycles. The summed E-state index contributed by atoms with van der Waals surface area (Å²) in [6, 6.07) is 11.5. The molecule has 0 radical (unpaired) electrons. The number of benzene rings is 2. The summed E-state index contributed by atoms with van der Waals surface area (Å²) in [5, 5.41) is 2.85. The molecule has 1 aliphatic rings. The first-order valence-electron chi connectivity index (χ1n) is 9.45. The summed E-state index contributed by atoms with van der Waals surface area (Å²) in [7, 11) is -0.557. The van der Waals surface area contributed by atoms with Gasteiger partial charge in [-0.2, -0.15) is 4.31 Å². The Kier molecular flexibility index (Phi) is 6.44. The maximum atomic E-state index is 13.0. The molecule has 1 saturated heterocycles. The Morgan fingerprint density at radius 1 is 1.10 bits per heavy atom. The number of hydrogen-bond donors (Lipinski definition) is 1. The van der Waals surface area contributed by atoms with Crippen molar-refractivity contribution in [3.05, 3.63) is 53.6 Å². The highest BCUT2D eigenvalue weighted by molar-refractivity contribution is 7.89. The third-order valence-corrected chi connectivity index (χ3v) is 7.06. The number of hydrogen-bond acceptors (Lipinski definition) is 5. The summed E-state index contributed by atoms with van der Waals surface area (Å²) in [4.78, 5) is 12.8. The zero-order valence-electron chi connectivity index (χ0n) is 16.8. The Labute approximate surface area is 171 Å². The van der Waals surface area contributed by atoms with Crippen LogP contribution in [0.2, 0.25) is 0 Å². The van der Waals surface area contributed by atoms with E-state index in [2.05, 4.69) is 5.32 Å². The number of ether oxygens (including phenoxy) is 2. The van der Waals surface area contributed by atoms with Gasteiger partial charge in [0, 0.05) is 24.7 Å². The van der Waals surface area contributed by atoms with Crippen LogP contribution in [-0.2, 0) is 10.0 Å². The van der Waals surface area contributed by atoms with Crippen molar-refractivity contribution < 1.29 is 22.7 Å². The molecule has 156 valence electrons. The SMILES string of the molecule is COc1ccc(C(=O)NC[C@@H]2CCCN2S(=O)(=O)c2ccc(C)cc2)cc1OC. The molecular formula is C21H26N2O5S. The minimum Gasteiger partial charge on any atom is -0.493 e. The summed E-state index contributed by atoms with van der Waals surface area (Å²) in [6.45, 7) is 2.62. The van der Waals surface area contributed by atoms with Crippen molar-refractivity contribution in [3.63, 3.8) is 0 Å². The van der Waals surface area contributed by atoms with Gasteiger partial charge in [-0.25, -0.2) is 8.42 Å². The van der Waals surface area contributed by atoms with Crippen molar-refractivity contribution >= 4 is 15.9 Å². The molecule has 1 fully saturated rings. The number of sulfonamides is 1. The number of amides is 1. The molecule has 2 aromatic rings. The number of carbonyl (C=O) groups is 1. The van der Waals surface area contributed by atoms with Crippen molar-refractivity contribution in [1.82, 2.24) is 9.62 Å². The molecule has 0 unspecified atom stereocenters. The highest BCUT2D eigenvalue weighted by Gasteiger charge is 2.35. The van der Waals surface area contributed by atoms with E-state index in [0.29, 0.717) is 30.0 Å². The lowest BCUT2D eigenvalue weighted by Crippen LogP contribution is -2.43. The van der Waals surface area contributed by atoms with Gasteiger partial charge in [0.05, 0.1) is 19.1 Å². The molecule has 1 atom stereocenters. The van der Waals surface area contributed by atoms with Crippen LogP contribution in [0.15, 0.2) is 47.4 Å². The zero-order valence-corrected chi connectivity index (χ0v) is 17.7. The fraction of sp³-hybridized carbons (Fsp3) is 0.381. The van der Waals surface area contributed by atoms with Gasteiger partial charge >= 0.3 is 0 Å². The van der Waals surface area contributed by atoms with Crippen LogP contribution in [0.3, 0.4) is 0 Å². The second-order valence-electron chi connectivity index (χ2n) is 7.00. The third kappa shape index (κ3) is 4.54. The Morgan fingerprint density at radius 3 is 2.45 bits per heavy atom. The van der Waals surface area contributed by atoms with E-state index in [1.807, 2.05) is 6.92 Å². The maximum Gasteiger partial charge on any atom is 0.251 e. The van der Waals surface area contributed by atoms with Gasteiger partial charge in [-0.3, -0.25) is 4.79 Å². The summed E-state index contributed by atoms with van der Waals surface area (Å²) in [5.74, 6) is 0.713. The van der Waals surface area contributed by atoms with Crippen LogP contribution in [0.5, 0.6) is 11.5 Å². The van der Waals surface area contributed by atoms with E-state index < -0.39 is 10.0 Å². The minimum absolute atomic E-state index is 0.248. The van der Waals surface area contributed by atoms with Crippen LogP contribution in [0, 0.1) is 6.92 Å². The van der Waals surface area contributed by atoms with Crippen LogP contribution < -0.4 is 14.8 Å². The second kappa shape index (κ2) is 8.84. The van der Waals surface area contributed by atoms with Crippen molar-refractivity contribution in [2.45, 2.75) is 30.7 Å². The molecule has 2 aromatic carbocycles. The van der Waals surface area contributed by atoms with Crippen LogP contribution in [0.25, 0.3) is 0 Å². The molecule has 0 spiro atoms. The maximum absolute atomic E-state index is 13.0. The highest BCUT2D eigenvalue weighted by atomic mass is 32.2. The molecule has 0 aliphatic carbocycles. The predicted octanol–water partition coefficient (Wildman–Crippen LogP) is 2.60. The lowest BCUT2D eigenvalue weighted by Gasteiger charge is -2.24. The van der Waals surface area contributed by atoms with Crippen molar-refractivity contribution in [2.75, 3.05) is 27.3 Å². The Bertz CT molecular complexity index is 973. The first kappa shape index (κ1) is 21.1. The molecular weight excluding hydrogens is 392 g/mol. The first-order chi connectivity index (χ1) is 13.9. The van der Waals surface area contributed by atoms with Crippen molar-refractivity contribution in [3.8, 4) is 11.5 Å². The van der Waals surface area contributed by atoms with Gasteiger partial charge in [0.15, 0.2) is 11.5 Å². The van der Waals surface area contributed by atoms with Crippen LogP contribution in [-0.4, -0.2) is 52.0 Å². The zero-order chi connectivity index (χ0) is 21.0. The predicted molar refractivity (Wildman–Crippen MR) is 110 cm³/mol. The largest absolute Gasteiger partial charge is 0.493 e. The number of nitrogens with one attached hydrogen (secondary N) is 1. The summed E-state index contributed by atoms with van der Waals surface area (Å²) in [6.07, 6.45) is 1.47. The third-order valence-electron chi connectivity index (χ3n) is 5.09. The van der Waals surface area contributed by atoms with Gasteiger partial charge in [-0.1, -0.05) is 17.7 Å². The summed E-state index contributed by atoms with van der Waals surface area (Å²) in [5.41, 5.74) is 1.43. The smallest absolute Gasteiger partial charge is 0.251 e. The van der Waals surface area contributed by atoms with Crippen LogP contribution >= 0.6 is 0 Å². The van der Waals surface area contributed by atoms with Crippen LogP contribution in [0.4, 0.5) is 0 Å². The van der Waals surface area contributed by atoms with E-state index in [1.165, 1.54) is 18.5 Å². The molecule has 7 nitrogen and oxygen atoms in total. The van der Waals surface area contributed by atoms with Gasteiger partial charge in [0.1, 0.15) is 0 Å². The number of nitrogens with zero attached hydrogens (tertiary/aromatic N) is 1. The molecule has 0 bridgehead atoms. The quantitative estimate of drug-likeness (QED) is 0.747. The van der Waals surface area contributed by atoms with E-state index in [9.17, 15) is 13.2 Å². The molecule has 3 rings (SSSR count). The Balaban J connectivity index is 1.70. The highest BCUT2D eigenvalue weighted by Crippen LogP contribution is 2.28. The summed E-state index contributed by atoms with van der Waals surface area (Å²) < 4.78 is 37.9. The number of methoxy groups -OCH3 is 2. The molecule has 1 N–H and O–H groups in total. The Morgan fingerprint density at radius 2 is 1.79 bits per heavy atom. The van der Waals surface area contributed by atoms with Gasteiger partial charge in [-0.15, -0.1) is 0 Å². The lowest BCUT2D eigenvalue weighted by atomic mass is 10.1. The van der Waals surface area contributed by atoms with E-state index >= 15 is 0 Å². The average molecular weight is 419 g/mol. The van der Waals surface area contributed by atoms with E-state index in [0.717, 1.165) is 12.0 Å². The standard InChI is InChI=1S/C21H26N2O5S/c1-15-6-9-18(10-7-15)29(25,26)23-12-4-5-17(23)14-22-21(24)16-8-11-19(27-2)20(13-16)28-3/h6-11,13,17H,4-5,12,14H2,1-3H3,(H,22,24)/t17-/m0/s1. The second-order valence-corrected chi connectivity index (χ2v) is 8.90. The van der Waals surface area contributed by atoms with E-state index in [-0.39, 0.29) is 23.4 Å². The molecule has 8 heteroatoms. The van der Waals surface area contributed by atoms with E-state index in [1.54, 1.807) is 42.5 Å². The number of rotatable bonds is 7. The lowest BCUT2D eigenvalue weighted by molar-refractivity contribution is 0.0946. The van der Waals surface area contributed by atoms with Crippen molar-refractivity contribution in [2.24, 2.45) is 0 Å². The Hall–Kier alpha value is -2.58. The molecule has 0 saturated carbocycles. The van der Waals surface area contributed by atoms with Gasteiger partial charge in [0.2, 0.25) is 10.0 Å². The van der Waals surface area contributed by atoms with Crippen molar-refractivity contribution in [1.29, 1.82) is 0 Å². The van der Waals surface area contributed by atoms with Gasteiger partial charge in [-0.05, 0) is 50.1 Å². The topological polar surface area (TPSA) is 84.9 Å². The van der Waals surface area contributed by atoms with Gasteiger partial charge < -0.3 is 14.8 Å². The molecule has 29 heavy (non-hydrogen) atoms. The van der Waals surface area contributed by atoms with Gasteiger partial charge in [0.25, 0.3) is 5.91 Å². The normalized spacial score (nSPS) is 17.1. The minimum atomic E-state index is -3.59. The fourth-order valence-corrected chi connectivity index (χ4v) is 5.16. The summed E-state index contributed by atoms with van der Waals surface area (Å²) >= 11 is 0. The monoisotopic (exact) mass is 418 g/mol. The molecule has 1 amide bonds. The average Bonchev–Trinajstić information content (AvgIpc) is 3.21. The number of carbonyl (C=O) groups excluding carboxylic acids is 1. The van der Waals surface area contributed by atoms with E-state index in [4.69, 9.17) is 9.47 Å². The number of aryl methyl sites for hydroxylation is 1. The van der Waals surface area contributed by atoms with Crippen LogP contribution in [0.1, 0.15) is 28.8 Å². The first-order valence-corrected chi connectivity index (χ1v) is 10.9. The molecule has 1 heterocycles. The fourth-order valence-electron chi connectivity index (χ4n) is 3.47. The molecule has 0 aromatic heterocycles.